The first kappa shape index (κ1) is 57.3. The van der Waals surface area contributed by atoms with Gasteiger partial charge in [0.1, 0.15) is 6.10 Å². The molecular formula is C54H95NO5. The molecule has 0 aliphatic rings. The molecule has 0 spiro atoms. The number of aliphatic hydroxyl groups is 2. The largest absolute Gasteiger partial charge is 0.458 e. The summed E-state index contributed by atoms with van der Waals surface area (Å²) in [4.78, 5) is 26.0. The zero-order valence-corrected chi connectivity index (χ0v) is 39.3. The molecule has 0 aromatic heterocycles. The number of ether oxygens (including phenoxy) is 1. The van der Waals surface area contributed by atoms with Gasteiger partial charge in [0, 0.05) is 6.42 Å². The van der Waals surface area contributed by atoms with Crippen LogP contribution < -0.4 is 5.32 Å². The lowest BCUT2D eigenvalue weighted by Crippen LogP contribution is -2.46. The van der Waals surface area contributed by atoms with Crippen LogP contribution in [0.15, 0.2) is 72.9 Å². The number of unbranched alkanes of at least 4 members (excludes halogenated alkanes) is 25. The lowest BCUT2D eigenvalue weighted by atomic mass is 10.0. The van der Waals surface area contributed by atoms with Crippen LogP contribution in [0, 0.1) is 0 Å². The predicted octanol–water partition coefficient (Wildman–Crippen LogP) is 15.0. The van der Waals surface area contributed by atoms with E-state index in [9.17, 15) is 19.8 Å². The van der Waals surface area contributed by atoms with Crippen LogP contribution >= 0.6 is 0 Å². The molecule has 3 atom stereocenters. The second-order valence-corrected chi connectivity index (χ2v) is 17.0. The third-order valence-electron chi connectivity index (χ3n) is 11.1. The molecule has 0 bridgehead atoms. The van der Waals surface area contributed by atoms with Gasteiger partial charge in [-0.05, 0) is 63.9 Å². The molecule has 0 saturated carbocycles. The Bertz CT molecular complexity index is 1120. The first-order valence-corrected chi connectivity index (χ1v) is 25.2. The summed E-state index contributed by atoms with van der Waals surface area (Å²) in [5.74, 6) is -0.632. The topological polar surface area (TPSA) is 95.9 Å². The number of esters is 1. The lowest BCUT2D eigenvalue weighted by Gasteiger charge is -2.23. The SMILES string of the molecule is CCCCC/C=C/C=C/C=C/C=C/CCCCCCCC(=O)OC(/C=C/C/C=C\CCCCCCCC)CC(=O)NC(CO)C(O)CCCCCCCCCCCCCC. The Labute approximate surface area is 371 Å². The summed E-state index contributed by atoms with van der Waals surface area (Å²) in [6, 6.07) is -0.739. The second-order valence-electron chi connectivity index (χ2n) is 17.0. The Morgan fingerprint density at radius 2 is 0.950 bits per heavy atom. The number of aliphatic hydroxyl groups excluding tert-OH is 2. The second kappa shape index (κ2) is 47.4. The Morgan fingerprint density at radius 3 is 1.48 bits per heavy atom. The molecule has 3 N–H and O–H groups in total. The van der Waals surface area contributed by atoms with Crippen molar-refractivity contribution in [3.63, 3.8) is 0 Å². The van der Waals surface area contributed by atoms with Crippen LogP contribution in [-0.4, -0.2) is 46.9 Å². The Balaban J connectivity index is 4.67. The molecule has 1 amide bonds. The first-order chi connectivity index (χ1) is 29.5. The molecule has 3 unspecified atom stereocenters. The van der Waals surface area contributed by atoms with Crippen molar-refractivity contribution in [2.24, 2.45) is 0 Å². The molecule has 0 saturated heterocycles. The smallest absolute Gasteiger partial charge is 0.306 e. The number of allylic oxidation sites excluding steroid dienone is 11. The van der Waals surface area contributed by atoms with Gasteiger partial charge in [-0.25, -0.2) is 0 Å². The zero-order valence-electron chi connectivity index (χ0n) is 39.3. The Morgan fingerprint density at radius 1 is 0.517 bits per heavy atom. The van der Waals surface area contributed by atoms with Gasteiger partial charge in [0.15, 0.2) is 0 Å². The van der Waals surface area contributed by atoms with Crippen LogP contribution in [0.2, 0.25) is 0 Å². The highest BCUT2D eigenvalue weighted by atomic mass is 16.5. The number of hydrogen-bond donors (Lipinski definition) is 3. The highest BCUT2D eigenvalue weighted by Gasteiger charge is 2.23. The van der Waals surface area contributed by atoms with Crippen molar-refractivity contribution < 1.29 is 24.5 Å². The van der Waals surface area contributed by atoms with Crippen molar-refractivity contribution >= 4 is 11.9 Å². The van der Waals surface area contributed by atoms with E-state index in [0.717, 1.165) is 70.6 Å². The van der Waals surface area contributed by atoms with Crippen molar-refractivity contribution in [3.8, 4) is 0 Å². The van der Waals surface area contributed by atoms with Crippen LogP contribution in [0.4, 0.5) is 0 Å². The Kier molecular flexibility index (Phi) is 45.2. The number of carbonyl (C=O) groups is 2. The maximum absolute atomic E-state index is 13.1. The van der Waals surface area contributed by atoms with Gasteiger partial charge in [0.25, 0.3) is 0 Å². The molecule has 0 aromatic carbocycles. The van der Waals surface area contributed by atoms with Gasteiger partial charge in [-0.2, -0.15) is 0 Å². The molecule has 6 heteroatoms. The summed E-state index contributed by atoms with van der Waals surface area (Å²) in [6.45, 7) is 6.39. The maximum Gasteiger partial charge on any atom is 0.306 e. The standard InChI is InChI=1S/C54H95NO5/c1-4-7-10-13-16-19-22-24-25-26-27-28-29-32-35-38-41-44-47-54(59)60-50(45-42-39-36-33-30-21-18-15-12-9-6-3)48-53(58)55-51(49-56)52(57)46-43-40-37-34-31-23-20-17-14-11-8-5-2/h16,19,22,24-28,33,36,42,45,50-52,56-57H,4-15,17-18,20-21,23,29-32,34-35,37-41,43-44,46-49H2,1-3H3,(H,55,58)/b19-16+,24-22+,26-25+,28-27+,36-33-,45-42+. The average molecular weight is 838 g/mol. The normalized spacial score (nSPS) is 13.9. The van der Waals surface area contributed by atoms with E-state index in [1.165, 1.54) is 116 Å². The van der Waals surface area contributed by atoms with Gasteiger partial charge < -0.3 is 20.3 Å². The van der Waals surface area contributed by atoms with Gasteiger partial charge in [-0.1, -0.05) is 229 Å². The molecule has 0 aromatic rings. The molecule has 6 nitrogen and oxygen atoms in total. The highest BCUT2D eigenvalue weighted by Crippen LogP contribution is 2.15. The molecule has 60 heavy (non-hydrogen) atoms. The fourth-order valence-electron chi connectivity index (χ4n) is 7.23. The van der Waals surface area contributed by atoms with Gasteiger partial charge in [-0.15, -0.1) is 0 Å². The Hall–Kier alpha value is -2.70. The molecule has 0 aliphatic heterocycles. The quantitative estimate of drug-likeness (QED) is 0.0246. The average Bonchev–Trinajstić information content (AvgIpc) is 3.24. The monoisotopic (exact) mass is 838 g/mol. The number of amides is 1. The van der Waals surface area contributed by atoms with E-state index in [2.05, 4.69) is 86.8 Å². The van der Waals surface area contributed by atoms with Gasteiger partial charge in [0.2, 0.25) is 5.91 Å². The van der Waals surface area contributed by atoms with Crippen LogP contribution in [-0.2, 0) is 14.3 Å². The van der Waals surface area contributed by atoms with Gasteiger partial charge in [0.05, 0.1) is 25.2 Å². The summed E-state index contributed by atoms with van der Waals surface area (Å²) in [5, 5.41) is 23.6. The fourth-order valence-corrected chi connectivity index (χ4v) is 7.23. The summed E-state index contributed by atoms with van der Waals surface area (Å²) in [6.07, 6.45) is 59.8. The number of hydrogen-bond acceptors (Lipinski definition) is 5. The minimum Gasteiger partial charge on any atom is -0.458 e. The number of rotatable bonds is 44. The van der Waals surface area contributed by atoms with E-state index < -0.39 is 18.2 Å². The van der Waals surface area contributed by atoms with Crippen molar-refractivity contribution in [2.45, 2.75) is 251 Å². The molecular weight excluding hydrogens is 743 g/mol. The molecule has 0 heterocycles. The summed E-state index contributed by atoms with van der Waals surface area (Å²) < 4.78 is 5.81. The molecule has 0 aliphatic carbocycles. The van der Waals surface area contributed by atoms with E-state index in [0.29, 0.717) is 19.3 Å². The minimum atomic E-state index is -0.817. The predicted molar refractivity (Wildman–Crippen MR) is 259 cm³/mol. The van der Waals surface area contributed by atoms with Gasteiger partial charge >= 0.3 is 5.97 Å². The number of nitrogens with one attached hydrogen (secondary N) is 1. The fraction of sp³-hybridized carbons (Fsp3) is 0.741. The summed E-state index contributed by atoms with van der Waals surface area (Å²) in [5.41, 5.74) is 0. The van der Waals surface area contributed by atoms with E-state index in [4.69, 9.17) is 4.74 Å². The van der Waals surface area contributed by atoms with Crippen molar-refractivity contribution in [2.75, 3.05) is 6.61 Å². The molecule has 0 fully saturated rings. The molecule has 346 valence electrons. The summed E-state index contributed by atoms with van der Waals surface area (Å²) in [7, 11) is 0. The zero-order chi connectivity index (χ0) is 43.8. The van der Waals surface area contributed by atoms with E-state index in [-0.39, 0.29) is 24.9 Å². The van der Waals surface area contributed by atoms with Crippen molar-refractivity contribution in [1.29, 1.82) is 0 Å². The third-order valence-corrected chi connectivity index (χ3v) is 11.1. The van der Waals surface area contributed by atoms with Crippen LogP contribution in [0.3, 0.4) is 0 Å². The minimum absolute atomic E-state index is 0.0410. The first-order valence-electron chi connectivity index (χ1n) is 25.2. The van der Waals surface area contributed by atoms with E-state index in [1.807, 2.05) is 12.2 Å². The van der Waals surface area contributed by atoms with Crippen molar-refractivity contribution in [1.82, 2.24) is 5.32 Å². The van der Waals surface area contributed by atoms with E-state index >= 15 is 0 Å². The lowest BCUT2D eigenvalue weighted by molar-refractivity contribution is -0.148. The van der Waals surface area contributed by atoms with Crippen LogP contribution in [0.5, 0.6) is 0 Å². The maximum atomic E-state index is 13.1. The summed E-state index contributed by atoms with van der Waals surface area (Å²) >= 11 is 0. The molecule has 0 radical (unpaired) electrons. The van der Waals surface area contributed by atoms with Crippen molar-refractivity contribution in [3.05, 3.63) is 72.9 Å². The van der Waals surface area contributed by atoms with Gasteiger partial charge in [-0.3, -0.25) is 9.59 Å². The number of carbonyl (C=O) groups excluding carboxylic acids is 2. The van der Waals surface area contributed by atoms with Crippen LogP contribution in [0.25, 0.3) is 0 Å². The van der Waals surface area contributed by atoms with Crippen LogP contribution in [0.1, 0.15) is 233 Å². The van der Waals surface area contributed by atoms with E-state index in [1.54, 1.807) is 0 Å². The third kappa shape index (κ3) is 42.0. The highest BCUT2D eigenvalue weighted by molar-refractivity contribution is 5.78. The molecule has 0 rings (SSSR count).